The molecule has 0 unspecified atom stereocenters. The predicted octanol–water partition coefficient (Wildman–Crippen LogP) is 5.76. The summed E-state index contributed by atoms with van der Waals surface area (Å²) in [4.78, 5) is 0.136. The van der Waals surface area contributed by atoms with Gasteiger partial charge in [-0.1, -0.05) is 54.6 Å². The van der Waals surface area contributed by atoms with E-state index in [4.69, 9.17) is 0 Å². The lowest BCUT2D eigenvalue weighted by Gasteiger charge is -2.12. The SMILES string of the molecule is O=S(=O)(Nc1cccc2ccc(N=Nc3ccccc3)c(O)c12)c1ccccc1. The number of phenols is 1. The molecule has 4 rings (SSSR count). The normalized spacial score (nSPS) is 11.7. The Morgan fingerprint density at radius 3 is 2.14 bits per heavy atom. The molecule has 29 heavy (non-hydrogen) atoms. The van der Waals surface area contributed by atoms with Crippen molar-refractivity contribution in [1.82, 2.24) is 0 Å². The van der Waals surface area contributed by atoms with E-state index in [1.807, 2.05) is 18.2 Å². The molecule has 144 valence electrons. The Morgan fingerprint density at radius 2 is 1.41 bits per heavy atom. The van der Waals surface area contributed by atoms with E-state index in [2.05, 4.69) is 15.0 Å². The molecular weight excluding hydrogens is 386 g/mol. The van der Waals surface area contributed by atoms with Gasteiger partial charge in [0.2, 0.25) is 0 Å². The van der Waals surface area contributed by atoms with Crippen molar-refractivity contribution in [3.05, 3.63) is 91.0 Å². The smallest absolute Gasteiger partial charge is 0.261 e. The summed E-state index contributed by atoms with van der Waals surface area (Å²) in [5.74, 6) is -0.145. The number of benzene rings is 4. The molecule has 6 nitrogen and oxygen atoms in total. The zero-order chi connectivity index (χ0) is 20.3. The summed E-state index contributed by atoms with van der Waals surface area (Å²) in [6.07, 6.45) is 0. The van der Waals surface area contributed by atoms with Crippen LogP contribution in [0.2, 0.25) is 0 Å². The molecule has 0 spiro atoms. The van der Waals surface area contributed by atoms with E-state index in [0.29, 0.717) is 16.5 Å². The summed E-state index contributed by atoms with van der Waals surface area (Å²) in [6.45, 7) is 0. The number of azo groups is 1. The van der Waals surface area contributed by atoms with Gasteiger partial charge in [0.15, 0.2) is 5.75 Å². The van der Waals surface area contributed by atoms with Crippen LogP contribution in [0.4, 0.5) is 17.1 Å². The van der Waals surface area contributed by atoms with Crippen LogP contribution in [0, 0.1) is 0 Å². The third-order valence-corrected chi connectivity index (χ3v) is 5.71. The lowest BCUT2D eigenvalue weighted by Crippen LogP contribution is -2.13. The minimum absolute atomic E-state index is 0.136. The lowest BCUT2D eigenvalue weighted by atomic mass is 10.1. The molecule has 0 aliphatic heterocycles. The highest BCUT2D eigenvalue weighted by atomic mass is 32.2. The van der Waals surface area contributed by atoms with Crippen molar-refractivity contribution < 1.29 is 13.5 Å². The van der Waals surface area contributed by atoms with E-state index in [1.165, 1.54) is 12.1 Å². The van der Waals surface area contributed by atoms with Crippen molar-refractivity contribution in [3.63, 3.8) is 0 Å². The summed E-state index contributed by atoms with van der Waals surface area (Å²) < 4.78 is 28.0. The maximum absolute atomic E-state index is 12.7. The van der Waals surface area contributed by atoms with Gasteiger partial charge < -0.3 is 5.11 Å². The molecule has 4 aromatic carbocycles. The first-order valence-electron chi connectivity index (χ1n) is 8.84. The van der Waals surface area contributed by atoms with Gasteiger partial charge in [0.1, 0.15) is 5.69 Å². The monoisotopic (exact) mass is 403 g/mol. The maximum Gasteiger partial charge on any atom is 0.261 e. The van der Waals surface area contributed by atoms with Gasteiger partial charge in [-0.3, -0.25) is 4.72 Å². The molecule has 2 N–H and O–H groups in total. The molecule has 0 fully saturated rings. The van der Waals surface area contributed by atoms with Crippen LogP contribution in [0.15, 0.2) is 106 Å². The molecule has 0 saturated heterocycles. The Hall–Kier alpha value is -3.71. The summed E-state index contributed by atoms with van der Waals surface area (Å²) in [5.41, 5.74) is 1.15. The predicted molar refractivity (Wildman–Crippen MR) is 113 cm³/mol. The lowest BCUT2D eigenvalue weighted by molar-refractivity contribution is 0.483. The molecule has 0 heterocycles. The second kappa shape index (κ2) is 7.73. The molecule has 0 aliphatic carbocycles. The van der Waals surface area contributed by atoms with Crippen molar-refractivity contribution in [3.8, 4) is 5.75 Å². The fraction of sp³-hybridized carbons (Fsp3) is 0. The molecule has 0 atom stereocenters. The first-order chi connectivity index (χ1) is 14.0. The molecule has 0 saturated carbocycles. The second-order valence-electron chi connectivity index (χ2n) is 6.29. The van der Waals surface area contributed by atoms with E-state index in [1.54, 1.807) is 60.7 Å². The van der Waals surface area contributed by atoms with E-state index < -0.39 is 10.0 Å². The van der Waals surface area contributed by atoms with Crippen LogP contribution in [0.5, 0.6) is 5.75 Å². The van der Waals surface area contributed by atoms with Gasteiger partial charge in [-0.15, -0.1) is 5.11 Å². The van der Waals surface area contributed by atoms with Crippen LogP contribution in [0.25, 0.3) is 10.8 Å². The largest absolute Gasteiger partial charge is 0.505 e. The number of nitrogens with zero attached hydrogens (tertiary/aromatic N) is 2. The minimum atomic E-state index is -3.80. The maximum atomic E-state index is 12.7. The molecule has 4 aromatic rings. The van der Waals surface area contributed by atoms with Gasteiger partial charge >= 0.3 is 0 Å². The minimum Gasteiger partial charge on any atom is -0.505 e. The number of hydrogen-bond donors (Lipinski definition) is 2. The third-order valence-electron chi connectivity index (χ3n) is 4.32. The van der Waals surface area contributed by atoms with Crippen LogP contribution in [-0.2, 0) is 10.0 Å². The van der Waals surface area contributed by atoms with Gasteiger partial charge in [-0.2, -0.15) is 5.11 Å². The van der Waals surface area contributed by atoms with E-state index in [9.17, 15) is 13.5 Å². The number of fused-ring (bicyclic) bond motifs is 1. The van der Waals surface area contributed by atoms with Crippen molar-refractivity contribution in [2.24, 2.45) is 10.2 Å². The van der Waals surface area contributed by atoms with Crippen molar-refractivity contribution >= 4 is 37.9 Å². The summed E-state index contributed by atoms with van der Waals surface area (Å²) in [5, 5.41) is 20.1. The third kappa shape index (κ3) is 3.95. The van der Waals surface area contributed by atoms with Crippen LogP contribution >= 0.6 is 0 Å². The first-order valence-corrected chi connectivity index (χ1v) is 10.3. The number of aromatic hydroxyl groups is 1. The fourth-order valence-corrected chi connectivity index (χ4v) is 4.02. The highest BCUT2D eigenvalue weighted by molar-refractivity contribution is 7.92. The second-order valence-corrected chi connectivity index (χ2v) is 7.97. The number of rotatable bonds is 5. The molecule has 0 aromatic heterocycles. The Morgan fingerprint density at radius 1 is 0.724 bits per heavy atom. The summed E-state index contributed by atoms with van der Waals surface area (Å²) >= 11 is 0. The number of anilines is 1. The molecular formula is C22H17N3O3S. The Balaban J connectivity index is 1.77. The molecule has 0 amide bonds. The Kier molecular flexibility index (Phi) is 4.97. The topological polar surface area (TPSA) is 91.1 Å². The van der Waals surface area contributed by atoms with Gasteiger partial charge in [-0.05, 0) is 41.8 Å². The highest BCUT2D eigenvalue weighted by Gasteiger charge is 2.17. The summed E-state index contributed by atoms with van der Waals surface area (Å²) in [6, 6.07) is 25.7. The molecule has 0 bridgehead atoms. The van der Waals surface area contributed by atoms with Crippen molar-refractivity contribution in [2.45, 2.75) is 4.90 Å². The average Bonchev–Trinajstić information content (AvgIpc) is 2.74. The van der Waals surface area contributed by atoms with Crippen molar-refractivity contribution in [1.29, 1.82) is 0 Å². The number of sulfonamides is 1. The van der Waals surface area contributed by atoms with Crippen LogP contribution in [-0.4, -0.2) is 13.5 Å². The van der Waals surface area contributed by atoms with Gasteiger partial charge in [0, 0.05) is 0 Å². The standard InChI is InChI=1S/C22H17N3O3S/c26-22-20(24-23-17-9-3-1-4-10-17)15-14-16-8-7-13-19(21(16)22)25-29(27,28)18-11-5-2-6-12-18/h1-15,25-26H. The van der Waals surface area contributed by atoms with Crippen LogP contribution in [0.1, 0.15) is 0 Å². The van der Waals surface area contributed by atoms with Gasteiger partial charge in [-0.25, -0.2) is 8.42 Å². The summed E-state index contributed by atoms with van der Waals surface area (Å²) in [7, 11) is -3.80. The van der Waals surface area contributed by atoms with Crippen LogP contribution in [0.3, 0.4) is 0 Å². The average molecular weight is 403 g/mol. The highest BCUT2D eigenvalue weighted by Crippen LogP contribution is 2.40. The Bertz CT molecular complexity index is 1290. The van der Waals surface area contributed by atoms with E-state index >= 15 is 0 Å². The number of phenolic OH excluding ortho intramolecular Hbond substituents is 1. The zero-order valence-corrected chi connectivity index (χ0v) is 16.0. The van der Waals surface area contributed by atoms with Crippen LogP contribution < -0.4 is 4.72 Å². The quantitative estimate of drug-likeness (QED) is 0.415. The van der Waals surface area contributed by atoms with E-state index in [0.717, 1.165) is 0 Å². The number of nitrogens with one attached hydrogen (secondary N) is 1. The fourth-order valence-electron chi connectivity index (χ4n) is 2.92. The van der Waals surface area contributed by atoms with Gasteiger partial charge in [0.05, 0.1) is 21.7 Å². The van der Waals surface area contributed by atoms with Gasteiger partial charge in [0.25, 0.3) is 10.0 Å². The Labute approximate surface area is 168 Å². The first kappa shape index (κ1) is 18.6. The molecule has 0 aliphatic rings. The molecule has 0 radical (unpaired) electrons. The number of hydrogen-bond acceptors (Lipinski definition) is 5. The van der Waals surface area contributed by atoms with E-state index in [-0.39, 0.29) is 22.0 Å². The zero-order valence-electron chi connectivity index (χ0n) is 15.2. The molecule has 7 heteroatoms. The van der Waals surface area contributed by atoms with Crippen molar-refractivity contribution in [2.75, 3.05) is 4.72 Å².